The molecule has 0 spiro atoms. The van der Waals surface area contributed by atoms with Crippen molar-refractivity contribution < 1.29 is 28.6 Å². The van der Waals surface area contributed by atoms with E-state index in [1.165, 1.54) is 148 Å². The van der Waals surface area contributed by atoms with Crippen molar-refractivity contribution in [1.29, 1.82) is 0 Å². The molecule has 0 aromatic carbocycles. The lowest BCUT2D eigenvalue weighted by Crippen LogP contribution is -2.30. The van der Waals surface area contributed by atoms with Crippen LogP contribution < -0.4 is 0 Å². The molecular weight excluding hydrogens is 865 g/mol. The van der Waals surface area contributed by atoms with E-state index in [0.717, 1.165) is 89.9 Å². The van der Waals surface area contributed by atoms with Crippen molar-refractivity contribution in [2.45, 2.75) is 290 Å². The minimum atomic E-state index is -0.813. The van der Waals surface area contributed by atoms with E-state index in [4.69, 9.17) is 14.2 Å². The van der Waals surface area contributed by atoms with Crippen molar-refractivity contribution in [1.82, 2.24) is 0 Å². The van der Waals surface area contributed by atoms with Crippen LogP contribution in [0.2, 0.25) is 0 Å². The lowest BCUT2D eigenvalue weighted by atomic mass is 10.0. The van der Waals surface area contributed by atoms with E-state index in [-0.39, 0.29) is 37.5 Å². The van der Waals surface area contributed by atoms with Gasteiger partial charge in [0, 0.05) is 19.3 Å². The van der Waals surface area contributed by atoms with Gasteiger partial charge >= 0.3 is 17.9 Å². The second-order valence-electron chi connectivity index (χ2n) is 19.5. The van der Waals surface area contributed by atoms with Crippen LogP contribution in [0.1, 0.15) is 284 Å². The predicted octanol–water partition coefficient (Wildman–Crippen LogP) is 19.9. The number of carbonyl (C=O) groups excluding carboxylic acids is 3. The fraction of sp³-hybridized carbons (Fsp3) is 0.734. The Hall–Kier alpha value is -3.41. The Morgan fingerprint density at radius 3 is 0.986 bits per heavy atom. The van der Waals surface area contributed by atoms with Crippen LogP contribution in [-0.4, -0.2) is 37.2 Å². The predicted molar refractivity (Wildman–Crippen MR) is 302 cm³/mol. The van der Waals surface area contributed by atoms with E-state index in [9.17, 15) is 14.4 Å². The first-order chi connectivity index (χ1) is 34.5. The molecule has 0 aliphatic carbocycles. The molecule has 0 rings (SSSR count). The third-order valence-electron chi connectivity index (χ3n) is 12.6. The number of unbranched alkanes of at least 4 members (excludes halogenated alkanes) is 28. The SMILES string of the molecule is CC/C=C\C/C=C\C/C=C\C/C=C\CCC(=O)OCC(COC(=O)CCCCCCCCCCCCC/C=C\CCCCCCCCCC)OC(=O)CCCCCCC/C=C\C/C=C\CCCCCC. The zero-order valence-corrected chi connectivity index (χ0v) is 46.0. The van der Waals surface area contributed by atoms with Crippen LogP contribution in [0.15, 0.2) is 85.1 Å². The van der Waals surface area contributed by atoms with Gasteiger partial charge in [-0.15, -0.1) is 0 Å². The number of hydrogen-bond acceptors (Lipinski definition) is 6. The quantitative estimate of drug-likeness (QED) is 0.0261. The van der Waals surface area contributed by atoms with Gasteiger partial charge in [0.15, 0.2) is 6.10 Å². The molecule has 1 unspecified atom stereocenters. The van der Waals surface area contributed by atoms with Gasteiger partial charge in [0.05, 0.1) is 0 Å². The fourth-order valence-corrected chi connectivity index (χ4v) is 8.19. The Morgan fingerprint density at radius 1 is 0.300 bits per heavy atom. The van der Waals surface area contributed by atoms with Crippen molar-refractivity contribution in [2.24, 2.45) is 0 Å². The van der Waals surface area contributed by atoms with Gasteiger partial charge in [-0.1, -0.05) is 247 Å². The Labute approximate surface area is 433 Å². The van der Waals surface area contributed by atoms with E-state index in [1.54, 1.807) is 0 Å². The second kappa shape index (κ2) is 58.2. The molecule has 0 saturated heterocycles. The average molecular weight is 976 g/mol. The van der Waals surface area contributed by atoms with E-state index >= 15 is 0 Å². The third kappa shape index (κ3) is 55.5. The summed E-state index contributed by atoms with van der Waals surface area (Å²) in [6.45, 7) is 6.45. The fourth-order valence-electron chi connectivity index (χ4n) is 8.19. The van der Waals surface area contributed by atoms with Gasteiger partial charge in [0.1, 0.15) is 13.2 Å². The number of ether oxygens (including phenoxy) is 3. The number of esters is 3. The Balaban J connectivity index is 4.37. The first-order valence-electron chi connectivity index (χ1n) is 29.6. The van der Waals surface area contributed by atoms with Crippen molar-refractivity contribution in [2.75, 3.05) is 13.2 Å². The maximum Gasteiger partial charge on any atom is 0.306 e. The Bertz CT molecular complexity index is 1350. The van der Waals surface area contributed by atoms with E-state index in [2.05, 4.69) is 99.8 Å². The van der Waals surface area contributed by atoms with E-state index in [1.807, 2.05) is 6.08 Å². The molecule has 0 bridgehead atoms. The van der Waals surface area contributed by atoms with Gasteiger partial charge in [-0.2, -0.15) is 0 Å². The summed E-state index contributed by atoms with van der Waals surface area (Å²) >= 11 is 0. The van der Waals surface area contributed by atoms with Gasteiger partial charge in [-0.25, -0.2) is 0 Å². The van der Waals surface area contributed by atoms with Crippen LogP contribution in [0.25, 0.3) is 0 Å². The lowest BCUT2D eigenvalue weighted by Gasteiger charge is -2.18. The van der Waals surface area contributed by atoms with Gasteiger partial charge in [-0.05, 0) is 103 Å². The van der Waals surface area contributed by atoms with Gasteiger partial charge < -0.3 is 14.2 Å². The Kier molecular flexibility index (Phi) is 55.3. The summed E-state index contributed by atoms with van der Waals surface area (Å²) in [7, 11) is 0. The van der Waals surface area contributed by atoms with Crippen LogP contribution >= 0.6 is 0 Å². The molecule has 0 aliphatic heterocycles. The molecule has 0 fully saturated rings. The summed E-state index contributed by atoms with van der Waals surface area (Å²) in [4.78, 5) is 38.1. The van der Waals surface area contributed by atoms with Crippen molar-refractivity contribution in [3.63, 3.8) is 0 Å². The molecule has 70 heavy (non-hydrogen) atoms. The third-order valence-corrected chi connectivity index (χ3v) is 12.6. The first kappa shape index (κ1) is 66.6. The highest BCUT2D eigenvalue weighted by atomic mass is 16.6. The molecule has 0 saturated carbocycles. The summed E-state index contributed by atoms with van der Waals surface area (Å²) in [6, 6.07) is 0. The van der Waals surface area contributed by atoms with Crippen LogP contribution in [0.3, 0.4) is 0 Å². The monoisotopic (exact) mass is 975 g/mol. The summed E-state index contributed by atoms with van der Waals surface area (Å²) in [5, 5.41) is 0. The summed E-state index contributed by atoms with van der Waals surface area (Å²) < 4.78 is 16.8. The molecule has 0 amide bonds. The molecule has 0 aliphatic rings. The molecule has 0 radical (unpaired) electrons. The average Bonchev–Trinajstić information content (AvgIpc) is 3.36. The van der Waals surface area contributed by atoms with E-state index in [0.29, 0.717) is 19.3 Å². The number of hydrogen-bond donors (Lipinski definition) is 0. The first-order valence-corrected chi connectivity index (χ1v) is 29.6. The van der Waals surface area contributed by atoms with Crippen LogP contribution in [0.4, 0.5) is 0 Å². The number of allylic oxidation sites excluding steroid dienone is 14. The topological polar surface area (TPSA) is 78.9 Å². The molecule has 0 aromatic heterocycles. The second-order valence-corrected chi connectivity index (χ2v) is 19.5. The normalized spacial score (nSPS) is 12.7. The zero-order chi connectivity index (χ0) is 50.7. The van der Waals surface area contributed by atoms with Crippen LogP contribution in [0, 0.1) is 0 Å². The largest absolute Gasteiger partial charge is 0.462 e. The van der Waals surface area contributed by atoms with Crippen LogP contribution in [0.5, 0.6) is 0 Å². The molecule has 0 aromatic rings. The molecule has 0 heterocycles. The van der Waals surface area contributed by atoms with Crippen molar-refractivity contribution >= 4 is 17.9 Å². The van der Waals surface area contributed by atoms with Crippen molar-refractivity contribution in [3.05, 3.63) is 85.1 Å². The summed E-state index contributed by atoms with van der Waals surface area (Å²) in [5.74, 6) is -0.998. The van der Waals surface area contributed by atoms with Crippen LogP contribution in [-0.2, 0) is 28.6 Å². The molecule has 1 atom stereocenters. The number of carbonyl (C=O) groups is 3. The highest BCUT2D eigenvalue weighted by Crippen LogP contribution is 2.15. The maximum atomic E-state index is 12.8. The highest BCUT2D eigenvalue weighted by molar-refractivity contribution is 5.71. The molecule has 0 N–H and O–H groups in total. The molecule has 6 heteroatoms. The van der Waals surface area contributed by atoms with Gasteiger partial charge in [0.25, 0.3) is 0 Å². The molecule has 402 valence electrons. The summed E-state index contributed by atoms with van der Waals surface area (Å²) in [5.41, 5.74) is 0. The smallest absolute Gasteiger partial charge is 0.306 e. The molecular formula is C64H110O6. The zero-order valence-electron chi connectivity index (χ0n) is 46.0. The molecule has 6 nitrogen and oxygen atoms in total. The minimum Gasteiger partial charge on any atom is -0.462 e. The van der Waals surface area contributed by atoms with Gasteiger partial charge in [-0.3, -0.25) is 14.4 Å². The lowest BCUT2D eigenvalue weighted by molar-refractivity contribution is -0.166. The Morgan fingerprint density at radius 2 is 0.586 bits per heavy atom. The van der Waals surface area contributed by atoms with Gasteiger partial charge in [0.2, 0.25) is 0 Å². The minimum absolute atomic E-state index is 0.104. The van der Waals surface area contributed by atoms with Crippen molar-refractivity contribution in [3.8, 4) is 0 Å². The summed E-state index contributed by atoms with van der Waals surface area (Å²) in [6.07, 6.45) is 76.0. The van der Waals surface area contributed by atoms with E-state index < -0.39 is 6.10 Å². The number of rotatable bonds is 53. The maximum absolute atomic E-state index is 12.8. The highest BCUT2D eigenvalue weighted by Gasteiger charge is 2.19. The standard InChI is InChI=1S/C64H110O6/c1-4-7-10-13-16-19-22-25-27-29-30-31-32-33-34-35-37-39-42-45-48-51-54-57-63(66)69-60-61(59-68-62(65)56-53-50-47-44-41-38-24-21-18-15-12-9-6-3)70-64(67)58-55-52-49-46-43-40-36-28-26-23-20-17-14-11-8-5-2/h9,12,18,20-21,23,28-30,36,38,41,47,50,61H,4-8,10-11,13-17,19,22,24-27,31-35,37,39-40,42-46,48-49,51-60H2,1-3H3/b12-9-,21-18-,23-20-,30-29-,36-28-,41-38-,50-47-.